The van der Waals surface area contributed by atoms with Gasteiger partial charge in [-0.25, -0.2) is 0 Å². The first-order valence-electron chi connectivity index (χ1n) is 9.62. The molecule has 0 saturated carbocycles. The Morgan fingerprint density at radius 3 is 2.34 bits per heavy atom. The van der Waals surface area contributed by atoms with Gasteiger partial charge in [0.15, 0.2) is 0 Å². The second-order valence-electron chi connectivity index (χ2n) is 6.79. The van der Waals surface area contributed by atoms with E-state index in [1.807, 2.05) is 6.07 Å². The third-order valence-corrected chi connectivity index (χ3v) is 5.50. The van der Waals surface area contributed by atoms with Crippen LogP contribution < -0.4 is 19.5 Å². The van der Waals surface area contributed by atoms with E-state index in [1.54, 1.807) is 32.4 Å². The molecule has 0 atom stereocenters. The first kappa shape index (κ1) is 21.7. The van der Waals surface area contributed by atoms with Crippen molar-refractivity contribution in [3.8, 4) is 17.5 Å². The minimum absolute atomic E-state index is 0.208. The fourth-order valence-corrected chi connectivity index (χ4v) is 3.48. The average molecular weight is 441 g/mol. The topological polar surface area (TPSA) is 68.7 Å². The molecule has 1 fully saturated rings. The summed E-state index contributed by atoms with van der Waals surface area (Å²) in [5, 5.41) is 4.29. The normalized spacial score (nSPS) is 15.2. The maximum Gasteiger partial charge on any atom is 0.229 e. The van der Waals surface area contributed by atoms with E-state index in [-0.39, 0.29) is 6.10 Å². The molecule has 1 aromatic carbocycles. The zero-order valence-electron chi connectivity index (χ0n) is 16.7. The van der Waals surface area contributed by atoms with Crippen LogP contribution in [0.1, 0.15) is 19.3 Å². The Labute approximate surface area is 181 Å². The molecule has 0 radical (unpaired) electrons. The lowest BCUT2D eigenvalue weighted by Gasteiger charge is -2.32. The molecule has 7 nitrogen and oxygen atoms in total. The molecule has 1 saturated heterocycles. The number of nitrogens with one attached hydrogen (secondary N) is 1. The highest BCUT2D eigenvalue weighted by Crippen LogP contribution is 2.28. The fraction of sp³-hybridized carbons (Fsp3) is 0.500. The summed E-state index contributed by atoms with van der Waals surface area (Å²) in [6.07, 6.45) is 3.17. The van der Waals surface area contributed by atoms with Crippen LogP contribution in [0.25, 0.3) is 0 Å². The van der Waals surface area contributed by atoms with Crippen LogP contribution in [0.2, 0.25) is 10.0 Å². The Balaban J connectivity index is 1.36. The molecule has 0 aliphatic carbocycles. The van der Waals surface area contributed by atoms with Crippen molar-refractivity contribution in [2.75, 3.05) is 45.7 Å². The van der Waals surface area contributed by atoms with Gasteiger partial charge in [-0.2, -0.15) is 9.97 Å². The molecule has 158 valence electrons. The van der Waals surface area contributed by atoms with Crippen LogP contribution in [-0.2, 0) is 0 Å². The van der Waals surface area contributed by atoms with Crippen molar-refractivity contribution in [2.24, 2.45) is 0 Å². The molecule has 1 aromatic heterocycles. The van der Waals surface area contributed by atoms with Crippen molar-refractivity contribution in [3.05, 3.63) is 34.3 Å². The molecule has 0 unspecified atom stereocenters. The van der Waals surface area contributed by atoms with Gasteiger partial charge in [0, 0.05) is 25.7 Å². The largest absolute Gasteiger partial charge is 0.490 e. The average Bonchev–Trinajstić information content (AvgIpc) is 2.74. The van der Waals surface area contributed by atoms with Gasteiger partial charge in [-0.3, -0.25) is 0 Å². The molecule has 0 amide bonds. The number of likely N-dealkylation sites (tertiary alicyclic amines) is 1. The number of nitrogens with zero attached hydrogens (tertiary/aromatic N) is 3. The van der Waals surface area contributed by atoms with Gasteiger partial charge in [0.25, 0.3) is 0 Å². The van der Waals surface area contributed by atoms with E-state index in [9.17, 15) is 0 Å². The second-order valence-corrected chi connectivity index (χ2v) is 7.61. The van der Waals surface area contributed by atoms with Crippen molar-refractivity contribution in [1.82, 2.24) is 14.9 Å². The van der Waals surface area contributed by atoms with Gasteiger partial charge in [-0.15, -0.1) is 0 Å². The predicted octanol–water partition coefficient (Wildman–Crippen LogP) is 4.15. The van der Waals surface area contributed by atoms with Crippen LogP contribution in [0.3, 0.4) is 0 Å². The molecule has 0 bridgehead atoms. The highest BCUT2D eigenvalue weighted by Gasteiger charge is 2.20. The van der Waals surface area contributed by atoms with Crippen LogP contribution in [0.5, 0.6) is 17.5 Å². The summed E-state index contributed by atoms with van der Waals surface area (Å²) in [5.74, 6) is 2.23. The molecule has 9 heteroatoms. The summed E-state index contributed by atoms with van der Waals surface area (Å²) in [4.78, 5) is 11.0. The maximum atomic E-state index is 6.05. The second kappa shape index (κ2) is 10.7. The number of benzene rings is 1. The van der Waals surface area contributed by atoms with Crippen molar-refractivity contribution in [1.29, 1.82) is 0 Å². The lowest BCUT2D eigenvalue weighted by atomic mass is 10.1. The molecule has 0 spiro atoms. The van der Waals surface area contributed by atoms with E-state index in [0.29, 0.717) is 27.8 Å². The Bertz CT molecular complexity index is 779. The number of hydrogen-bond donors (Lipinski definition) is 1. The van der Waals surface area contributed by atoms with Crippen LogP contribution >= 0.6 is 23.2 Å². The Morgan fingerprint density at radius 2 is 1.72 bits per heavy atom. The number of halogens is 2. The van der Waals surface area contributed by atoms with E-state index in [0.717, 1.165) is 51.2 Å². The first-order valence-corrected chi connectivity index (χ1v) is 10.4. The number of piperidine rings is 1. The molecule has 2 aromatic rings. The summed E-state index contributed by atoms with van der Waals surface area (Å²) in [7, 11) is 3.14. The number of hydrogen-bond acceptors (Lipinski definition) is 7. The quantitative estimate of drug-likeness (QED) is 0.587. The molecule has 1 N–H and O–H groups in total. The fourth-order valence-electron chi connectivity index (χ4n) is 3.19. The van der Waals surface area contributed by atoms with E-state index in [2.05, 4.69) is 20.2 Å². The van der Waals surface area contributed by atoms with Crippen molar-refractivity contribution in [2.45, 2.75) is 25.4 Å². The summed E-state index contributed by atoms with van der Waals surface area (Å²) < 4.78 is 16.4. The predicted molar refractivity (Wildman–Crippen MR) is 115 cm³/mol. The van der Waals surface area contributed by atoms with Crippen LogP contribution in [-0.4, -0.2) is 61.4 Å². The van der Waals surface area contributed by atoms with Crippen molar-refractivity contribution >= 4 is 29.2 Å². The molecule has 1 aliphatic rings. The first-order chi connectivity index (χ1) is 14.1. The molecule has 3 rings (SSSR count). The molecule has 1 aliphatic heterocycles. The van der Waals surface area contributed by atoms with Gasteiger partial charge < -0.3 is 24.4 Å². The van der Waals surface area contributed by atoms with Gasteiger partial charge >= 0.3 is 0 Å². The lowest BCUT2D eigenvalue weighted by molar-refractivity contribution is 0.100. The third-order valence-electron chi connectivity index (χ3n) is 4.76. The van der Waals surface area contributed by atoms with E-state index in [4.69, 9.17) is 37.4 Å². The molecular formula is C20H26Cl2N4O3. The van der Waals surface area contributed by atoms with E-state index in [1.165, 1.54) is 0 Å². The number of aromatic nitrogens is 2. The zero-order chi connectivity index (χ0) is 20.6. The maximum absolute atomic E-state index is 6.05. The number of rotatable bonds is 9. The SMILES string of the molecule is COc1cc(OC)nc(NCCCN2CCC(Oc3ccc(Cl)c(Cl)c3)CC2)n1. The van der Waals surface area contributed by atoms with Crippen LogP contribution in [0.15, 0.2) is 24.3 Å². The summed E-state index contributed by atoms with van der Waals surface area (Å²) in [6, 6.07) is 7.05. The molecular weight excluding hydrogens is 415 g/mol. The Morgan fingerprint density at radius 1 is 1.03 bits per heavy atom. The van der Waals surface area contributed by atoms with E-state index >= 15 is 0 Å². The smallest absolute Gasteiger partial charge is 0.229 e. The highest BCUT2D eigenvalue weighted by molar-refractivity contribution is 6.42. The molecule has 2 heterocycles. The summed E-state index contributed by atoms with van der Waals surface area (Å²) in [6.45, 7) is 3.80. The van der Waals surface area contributed by atoms with E-state index < -0.39 is 0 Å². The van der Waals surface area contributed by atoms with Gasteiger partial charge in [0.1, 0.15) is 11.9 Å². The van der Waals surface area contributed by atoms with Crippen LogP contribution in [0, 0.1) is 0 Å². The minimum atomic E-state index is 0.208. The monoisotopic (exact) mass is 440 g/mol. The molecule has 29 heavy (non-hydrogen) atoms. The zero-order valence-corrected chi connectivity index (χ0v) is 18.2. The Kier molecular flexibility index (Phi) is 8.03. The third kappa shape index (κ3) is 6.52. The Hall–Kier alpha value is -1.96. The van der Waals surface area contributed by atoms with Gasteiger partial charge in [-0.1, -0.05) is 23.2 Å². The van der Waals surface area contributed by atoms with Crippen molar-refractivity contribution < 1.29 is 14.2 Å². The lowest BCUT2D eigenvalue weighted by Crippen LogP contribution is -2.39. The van der Waals surface area contributed by atoms with Crippen molar-refractivity contribution in [3.63, 3.8) is 0 Å². The minimum Gasteiger partial charge on any atom is -0.490 e. The highest BCUT2D eigenvalue weighted by atomic mass is 35.5. The van der Waals surface area contributed by atoms with Gasteiger partial charge in [-0.05, 0) is 37.9 Å². The summed E-state index contributed by atoms with van der Waals surface area (Å²) in [5.41, 5.74) is 0. The summed E-state index contributed by atoms with van der Waals surface area (Å²) >= 11 is 12.0. The van der Waals surface area contributed by atoms with Crippen LogP contribution in [0.4, 0.5) is 5.95 Å². The number of anilines is 1. The number of ether oxygens (including phenoxy) is 3. The standard InChI is InChI=1S/C20H26Cl2N4O3/c1-27-18-13-19(28-2)25-20(24-18)23-8-3-9-26-10-6-14(7-11-26)29-15-4-5-16(21)17(22)12-15/h4-5,12-14H,3,6-11H2,1-2H3,(H,23,24,25). The van der Waals surface area contributed by atoms with Gasteiger partial charge in [0.05, 0.1) is 30.3 Å². The van der Waals surface area contributed by atoms with Gasteiger partial charge in [0.2, 0.25) is 17.7 Å². The number of methoxy groups -OCH3 is 2.